The molecule has 0 aromatic heterocycles. The van der Waals surface area contributed by atoms with E-state index in [0.29, 0.717) is 5.69 Å². The third kappa shape index (κ3) is 2.97. The lowest BCUT2D eigenvalue weighted by atomic mass is 10.0. The van der Waals surface area contributed by atoms with E-state index in [-0.39, 0.29) is 24.1 Å². The summed E-state index contributed by atoms with van der Waals surface area (Å²) in [4.78, 5) is 11.0. The average Bonchev–Trinajstić information content (AvgIpc) is 2.25. The van der Waals surface area contributed by atoms with E-state index in [2.05, 4.69) is 5.32 Å². The van der Waals surface area contributed by atoms with E-state index in [0.717, 1.165) is 0 Å². The molecule has 0 spiro atoms. The first-order valence-electron chi connectivity index (χ1n) is 5.26. The molecular weight excluding hydrogens is 206 g/mol. The summed E-state index contributed by atoms with van der Waals surface area (Å²) >= 11 is 0. The number of carboxylic acid groups (broad SMARTS) is 1. The lowest BCUT2D eigenvalue weighted by molar-refractivity contribution is 0.0697. The second-order valence-electron chi connectivity index (χ2n) is 4.03. The van der Waals surface area contributed by atoms with E-state index in [1.165, 1.54) is 0 Å². The highest BCUT2D eigenvalue weighted by molar-refractivity contribution is 5.94. The van der Waals surface area contributed by atoms with E-state index in [4.69, 9.17) is 5.11 Å². The van der Waals surface area contributed by atoms with Crippen LogP contribution in [0, 0.1) is 5.92 Å². The summed E-state index contributed by atoms with van der Waals surface area (Å²) < 4.78 is 0. The van der Waals surface area contributed by atoms with Gasteiger partial charge >= 0.3 is 5.97 Å². The molecule has 0 amide bonds. The molecule has 0 saturated carbocycles. The smallest absolute Gasteiger partial charge is 0.337 e. The zero-order chi connectivity index (χ0) is 12.1. The number of hydrogen-bond acceptors (Lipinski definition) is 3. The van der Waals surface area contributed by atoms with Gasteiger partial charge in [-0.15, -0.1) is 0 Å². The number of hydrogen-bond donors (Lipinski definition) is 3. The molecular formula is C12H17NO3. The van der Waals surface area contributed by atoms with Gasteiger partial charge in [0, 0.05) is 5.69 Å². The lowest BCUT2D eigenvalue weighted by Gasteiger charge is -2.22. The molecule has 4 nitrogen and oxygen atoms in total. The van der Waals surface area contributed by atoms with Crippen molar-refractivity contribution in [3.8, 4) is 0 Å². The van der Waals surface area contributed by atoms with Gasteiger partial charge in [-0.1, -0.05) is 26.0 Å². The van der Waals surface area contributed by atoms with Gasteiger partial charge in [0.05, 0.1) is 18.2 Å². The highest BCUT2D eigenvalue weighted by Crippen LogP contribution is 2.18. The van der Waals surface area contributed by atoms with E-state index in [9.17, 15) is 9.90 Å². The van der Waals surface area contributed by atoms with Crippen molar-refractivity contribution in [2.75, 3.05) is 11.9 Å². The summed E-state index contributed by atoms with van der Waals surface area (Å²) in [6, 6.07) is 6.55. The monoisotopic (exact) mass is 223 g/mol. The van der Waals surface area contributed by atoms with Crippen LogP contribution < -0.4 is 5.32 Å². The molecule has 0 aliphatic heterocycles. The number of aliphatic hydroxyl groups excluding tert-OH is 1. The molecule has 0 bridgehead atoms. The average molecular weight is 223 g/mol. The predicted molar refractivity (Wildman–Crippen MR) is 62.7 cm³/mol. The van der Waals surface area contributed by atoms with Gasteiger partial charge in [0.15, 0.2) is 0 Å². The highest BCUT2D eigenvalue weighted by Gasteiger charge is 2.15. The van der Waals surface area contributed by atoms with Crippen LogP contribution in [0.25, 0.3) is 0 Å². The van der Waals surface area contributed by atoms with Gasteiger partial charge in [0.2, 0.25) is 0 Å². The molecule has 0 fully saturated rings. The molecule has 0 saturated heterocycles. The fraction of sp³-hybridized carbons (Fsp3) is 0.417. The van der Waals surface area contributed by atoms with Crippen molar-refractivity contribution in [3.63, 3.8) is 0 Å². The number of para-hydroxylation sites is 1. The number of aromatic carboxylic acids is 1. The van der Waals surface area contributed by atoms with Gasteiger partial charge in [-0.2, -0.15) is 0 Å². The molecule has 16 heavy (non-hydrogen) atoms. The summed E-state index contributed by atoms with van der Waals surface area (Å²) in [6.07, 6.45) is 0. The summed E-state index contributed by atoms with van der Waals surface area (Å²) in [7, 11) is 0. The van der Waals surface area contributed by atoms with E-state index < -0.39 is 5.97 Å². The number of carboxylic acids is 1. The molecule has 0 aliphatic carbocycles. The molecule has 1 aromatic rings. The van der Waals surface area contributed by atoms with Crippen molar-refractivity contribution < 1.29 is 15.0 Å². The molecule has 1 aromatic carbocycles. The fourth-order valence-corrected chi connectivity index (χ4v) is 1.42. The zero-order valence-corrected chi connectivity index (χ0v) is 9.47. The Kier molecular flexibility index (Phi) is 4.31. The van der Waals surface area contributed by atoms with E-state index >= 15 is 0 Å². The van der Waals surface area contributed by atoms with Gasteiger partial charge in [-0.3, -0.25) is 0 Å². The number of rotatable bonds is 5. The van der Waals surface area contributed by atoms with Crippen LogP contribution in [-0.4, -0.2) is 28.8 Å². The number of nitrogens with one attached hydrogen (secondary N) is 1. The van der Waals surface area contributed by atoms with Crippen molar-refractivity contribution in [1.82, 2.24) is 0 Å². The summed E-state index contributed by atoms with van der Waals surface area (Å²) in [5.74, 6) is -0.740. The minimum Gasteiger partial charge on any atom is -0.478 e. The van der Waals surface area contributed by atoms with Crippen LogP contribution in [0.5, 0.6) is 0 Å². The van der Waals surface area contributed by atoms with Crippen molar-refractivity contribution in [1.29, 1.82) is 0 Å². The molecule has 1 atom stereocenters. The second kappa shape index (κ2) is 5.51. The van der Waals surface area contributed by atoms with Crippen molar-refractivity contribution >= 4 is 11.7 Å². The first-order valence-corrected chi connectivity index (χ1v) is 5.26. The molecule has 3 N–H and O–H groups in total. The van der Waals surface area contributed by atoms with Crippen LogP contribution in [0.15, 0.2) is 24.3 Å². The van der Waals surface area contributed by atoms with Gasteiger partial charge in [-0.05, 0) is 18.1 Å². The molecule has 88 valence electrons. The van der Waals surface area contributed by atoms with Gasteiger partial charge in [-0.25, -0.2) is 4.79 Å². The summed E-state index contributed by atoms with van der Waals surface area (Å²) in [5.41, 5.74) is 0.768. The summed E-state index contributed by atoms with van der Waals surface area (Å²) in [5, 5.41) is 21.2. The van der Waals surface area contributed by atoms with E-state index in [1.54, 1.807) is 24.3 Å². The Hall–Kier alpha value is -1.55. The zero-order valence-electron chi connectivity index (χ0n) is 9.47. The highest BCUT2D eigenvalue weighted by atomic mass is 16.4. The molecule has 1 rings (SSSR count). The number of benzene rings is 1. The van der Waals surface area contributed by atoms with Crippen LogP contribution in [-0.2, 0) is 0 Å². The Morgan fingerprint density at radius 2 is 2.00 bits per heavy atom. The molecule has 0 heterocycles. The standard InChI is InChI=1S/C12H17NO3/c1-8(2)11(7-14)13-10-6-4-3-5-9(10)12(15)16/h3-6,8,11,13-14H,7H2,1-2H3,(H,15,16)/t11-/m1/s1. The number of aliphatic hydroxyl groups is 1. The Labute approximate surface area is 94.9 Å². The predicted octanol–water partition coefficient (Wildman–Crippen LogP) is 1.81. The fourth-order valence-electron chi connectivity index (χ4n) is 1.42. The Bertz CT molecular complexity index is 363. The molecule has 4 heteroatoms. The first-order chi connectivity index (χ1) is 7.56. The SMILES string of the molecule is CC(C)[C@@H](CO)Nc1ccccc1C(=O)O. The van der Waals surface area contributed by atoms with Crippen LogP contribution in [0.2, 0.25) is 0 Å². The lowest BCUT2D eigenvalue weighted by Crippen LogP contribution is -2.30. The minimum absolute atomic E-state index is 0.0222. The van der Waals surface area contributed by atoms with E-state index in [1.807, 2.05) is 13.8 Å². The molecule has 0 aliphatic rings. The third-order valence-electron chi connectivity index (χ3n) is 2.50. The summed E-state index contributed by atoms with van der Waals surface area (Å²) in [6.45, 7) is 3.92. The molecule has 0 unspecified atom stereocenters. The third-order valence-corrected chi connectivity index (χ3v) is 2.50. The van der Waals surface area contributed by atoms with Gasteiger partial charge in [0.1, 0.15) is 0 Å². The first kappa shape index (κ1) is 12.5. The number of carbonyl (C=O) groups is 1. The van der Waals surface area contributed by atoms with Crippen molar-refractivity contribution in [2.24, 2.45) is 5.92 Å². The van der Waals surface area contributed by atoms with Crippen LogP contribution in [0.4, 0.5) is 5.69 Å². The van der Waals surface area contributed by atoms with Crippen LogP contribution in [0.3, 0.4) is 0 Å². The largest absolute Gasteiger partial charge is 0.478 e. The van der Waals surface area contributed by atoms with Crippen LogP contribution in [0.1, 0.15) is 24.2 Å². The normalized spacial score (nSPS) is 12.5. The van der Waals surface area contributed by atoms with Crippen LogP contribution >= 0.6 is 0 Å². The van der Waals surface area contributed by atoms with Gasteiger partial charge in [0.25, 0.3) is 0 Å². The Morgan fingerprint density at radius 3 is 2.50 bits per heavy atom. The second-order valence-corrected chi connectivity index (χ2v) is 4.03. The quantitative estimate of drug-likeness (QED) is 0.712. The minimum atomic E-state index is -0.969. The topological polar surface area (TPSA) is 69.6 Å². The maximum absolute atomic E-state index is 11.0. The maximum atomic E-state index is 11.0. The van der Waals surface area contributed by atoms with Gasteiger partial charge < -0.3 is 15.5 Å². The maximum Gasteiger partial charge on any atom is 0.337 e. The Morgan fingerprint density at radius 1 is 1.38 bits per heavy atom. The Balaban J connectivity index is 2.91. The molecule has 0 radical (unpaired) electrons. The number of anilines is 1. The van der Waals surface area contributed by atoms with Crippen molar-refractivity contribution in [3.05, 3.63) is 29.8 Å². The van der Waals surface area contributed by atoms with Crippen molar-refractivity contribution in [2.45, 2.75) is 19.9 Å².